The summed E-state index contributed by atoms with van der Waals surface area (Å²) < 4.78 is 8.59. The van der Waals surface area contributed by atoms with E-state index in [0.717, 1.165) is 125 Å². The van der Waals surface area contributed by atoms with E-state index in [4.69, 9.17) is 21.3 Å². The molecule has 63 heavy (non-hydrogen) atoms. The van der Waals surface area contributed by atoms with Gasteiger partial charge in [0.15, 0.2) is 0 Å². The van der Waals surface area contributed by atoms with Gasteiger partial charge in [0, 0.05) is 47.7 Å². The molecule has 1 atom stereocenters. The first-order chi connectivity index (χ1) is 30.6. The van der Waals surface area contributed by atoms with Crippen molar-refractivity contribution in [3.8, 4) is 11.4 Å². The molecule has 1 aliphatic carbocycles. The van der Waals surface area contributed by atoms with Crippen LogP contribution >= 0.6 is 11.6 Å². The Labute approximate surface area is 370 Å². The average Bonchev–Trinajstić information content (AvgIpc) is 3.89. The molecule has 8 heterocycles. The summed E-state index contributed by atoms with van der Waals surface area (Å²) in [4.78, 5) is 78.0. The Hall–Kier alpha value is -5.11. The maximum absolute atomic E-state index is 13.6. The van der Waals surface area contributed by atoms with Gasteiger partial charge in [-0.1, -0.05) is 55.1 Å². The molecule has 7 aliphatic heterocycles. The van der Waals surface area contributed by atoms with E-state index < -0.39 is 11.9 Å². The number of ether oxygens (including phenoxy) is 1. The molecule has 5 fully saturated rings. The molecule has 326 valence electrons. The van der Waals surface area contributed by atoms with Crippen LogP contribution in [0.1, 0.15) is 115 Å². The first kappa shape index (κ1) is 39.5. The number of halogens is 1. The minimum absolute atomic E-state index is 0.160. The fourth-order valence-electron chi connectivity index (χ4n) is 12.8. The summed E-state index contributed by atoms with van der Waals surface area (Å²) in [6.45, 7) is 6.47. The number of benzene rings is 3. The number of nitrogens with one attached hydrogen (secondary N) is 1. The highest BCUT2D eigenvalue weighted by Crippen LogP contribution is 2.53. The van der Waals surface area contributed by atoms with Crippen LogP contribution in [0.2, 0.25) is 5.02 Å². The fraction of sp³-hybridized carbons (Fsp3) is 0.510. The van der Waals surface area contributed by atoms with E-state index in [0.29, 0.717) is 54.0 Å². The summed E-state index contributed by atoms with van der Waals surface area (Å²) in [6, 6.07) is 16.4. The summed E-state index contributed by atoms with van der Waals surface area (Å²) >= 11 is 6.58. The lowest BCUT2D eigenvalue weighted by Gasteiger charge is -2.48. The molecule has 0 unspecified atom stereocenters. The van der Waals surface area contributed by atoms with Crippen LogP contribution in [-0.4, -0.2) is 117 Å². The molecule has 0 radical (unpaired) electrons. The lowest BCUT2D eigenvalue weighted by molar-refractivity contribution is -0.141. The highest BCUT2D eigenvalue weighted by molar-refractivity contribution is 6.35. The SMILES string of the molecule is O=C1CC[C@H](N2Cc3c(ccc4c3OCC43CCN(CC(=O)N4CC(N5CCC(c6ccc7c(c6)C6(CCCCC6)c6nc(=O)c8c(Cl)cccc8n6-7)CC5)C4)CC3)C2=O)C(=O)N1. The van der Waals surface area contributed by atoms with E-state index in [9.17, 15) is 24.0 Å². The molecule has 0 bridgehead atoms. The summed E-state index contributed by atoms with van der Waals surface area (Å²) in [7, 11) is 0. The maximum atomic E-state index is 13.6. The average molecular weight is 870 g/mol. The van der Waals surface area contributed by atoms with Gasteiger partial charge in [-0.2, -0.15) is 4.98 Å². The zero-order valence-corrected chi connectivity index (χ0v) is 36.3. The molecule has 14 heteroatoms. The highest BCUT2D eigenvalue weighted by atomic mass is 35.5. The van der Waals surface area contributed by atoms with Crippen molar-refractivity contribution in [3.63, 3.8) is 0 Å². The Balaban J connectivity index is 0.654. The van der Waals surface area contributed by atoms with Gasteiger partial charge in [0.05, 0.1) is 46.7 Å². The van der Waals surface area contributed by atoms with Crippen molar-refractivity contribution >= 4 is 46.1 Å². The Bertz CT molecular complexity index is 2690. The molecule has 1 N–H and O–H groups in total. The smallest absolute Gasteiger partial charge is 0.282 e. The van der Waals surface area contributed by atoms with Crippen LogP contribution in [0, 0.1) is 0 Å². The Morgan fingerprint density at radius 3 is 2.46 bits per heavy atom. The number of fused-ring (bicyclic) bond motifs is 11. The normalized spacial score (nSPS) is 24.3. The molecule has 3 aromatic carbocycles. The molecule has 1 aromatic heterocycles. The molecular formula is C49H52ClN7O6. The number of nitrogens with zero attached hydrogens (tertiary/aromatic N) is 6. The largest absolute Gasteiger partial charge is 0.492 e. The zero-order valence-electron chi connectivity index (χ0n) is 35.5. The summed E-state index contributed by atoms with van der Waals surface area (Å²) in [6.07, 6.45) is 9.91. The quantitative estimate of drug-likeness (QED) is 0.269. The van der Waals surface area contributed by atoms with Gasteiger partial charge in [0.2, 0.25) is 17.7 Å². The van der Waals surface area contributed by atoms with E-state index in [1.807, 2.05) is 29.2 Å². The van der Waals surface area contributed by atoms with E-state index in [2.05, 4.69) is 37.9 Å². The number of carbonyl (C=O) groups excluding carboxylic acids is 4. The number of imide groups is 1. The number of rotatable bonds is 5. The molecule has 4 amide bonds. The van der Waals surface area contributed by atoms with E-state index in [1.54, 1.807) is 11.0 Å². The Morgan fingerprint density at radius 2 is 1.68 bits per heavy atom. The molecule has 4 saturated heterocycles. The van der Waals surface area contributed by atoms with E-state index in [1.165, 1.54) is 17.5 Å². The number of amides is 4. The van der Waals surface area contributed by atoms with Crippen molar-refractivity contribution in [3.05, 3.63) is 97.5 Å². The van der Waals surface area contributed by atoms with Gasteiger partial charge < -0.3 is 14.5 Å². The number of hydrogen-bond acceptors (Lipinski definition) is 9. The first-order valence-electron chi connectivity index (χ1n) is 23.2. The van der Waals surface area contributed by atoms with E-state index >= 15 is 0 Å². The van der Waals surface area contributed by atoms with Crippen LogP contribution in [0.3, 0.4) is 0 Å². The molecule has 2 spiro atoms. The maximum Gasteiger partial charge on any atom is 0.282 e. The van der Waals surface area contributed by atoms with Crippen LogP contribution in [-0.2, 0) is 31.8 Å². The van der Waals surface area contributed by atoms with Crippen molar-refractivity contribution in [2.45, 2.75) is 106 Å². The topological polar surface area (TPSA) is 137 Å². The number of aromatic nitrogens is 2. The lowest BCUT2D eigenvalue weighted by Crippen LogP contribution is -2.63. The number of hydrogen-bond donors (Lipinski definition) is 1. The van der Waals surface area contributed by atoms with Gasteiger partial charge >= 0.3 is 0 Å². The molecule has 12 rings (SSSR count). The van der Waals surface area contributed by atoms with Gasteiger partial charge in [0.1, 0.15) is 17.6 Å². The standard InChI is InChI=1S/C49H52ClN7O6/c50-36-5-4-6-38-42(36)45(61)52-47-49(15-2-1-3-16-49)35-23-30(7-10-37(35)57(38)47)29-13-19-54(20-14-29)31-24-55(25-31)41(59)27-53-21-17-48(18-22-53)28-63-43-33-26-56(39-11-12-40(58)51-44(39)60)46(62)32(33)8-9-34(43)48/h4-10,23,29,31,39H,1-3,11-22,24-28H2,(H,51,58,60)/t39-/m0/s1. The Morgan fingerprint density at radius 1 is 0.889 bits per heavy atom. The van der Waals surface area contributed by atoms with Crippen LogP contribution in [0.25, 0.3) is 16.6 Å². The van der Waals surface area contributed by atoms with Crippen molar-refractivity contribution in [1.29, 1.82) is 0 Å². The van der Waals surface area contributed by atoms with Crippen molar-refractivity contribution < 1.29 is 23.9 Å². The predicted octanol–water partition coefficient (Wildman–Crippen LogP) is 5.18. The monoisotopic (exact) mass is 869 g/mol. The van der Waals surface area contributed by atoms with Gasteiger partial charge in [0.25, 0.3) is 11.5 Å². The van der Waals surface area contributed by atoms with Gasteiger partial charge in [-0.15, -0.1) is 0 Å². The summed E-state index contributed by atoms with van der Waals surface area (Å²) in [5.41, 5.74) is 6.59. The number of carbonyl (C=O) groups is 4. The van der Waals surface area contributed by atoms with Crippen LogP contribution in [0.5, 0.6) is 5.75 Å². The van der Waals surface area contributed by atoms with Gasteiger partial charge in [-0.25, -0.2) is 0 Å². The molecule has 1 saturated carbocycles. The predicted molar refractivity (Wildman–Crippen MR) is 235 cm³/mol. The third-order valence-electron chi connectivity index (χ3n) is 16.4. The van der Waals surface area contributed by atoms with Crippen LogP contribution in [0.4, 0.5) is 0 Å². The first-order valence-corrected chi connectivity index (χ1v) is 23.5. The Kier molecular flexibility index (Phi) is 9.22. The lowest BCUT2D eigenvalue weighted by atomic mass is 9.69. The van der Waals surface area contributed by atoms with Crippen LogP contribution in [0.15, 0.2) is 53.3 Å². The van der Waals surface area contributed by atoms with Crippen molar-refractivity contribution in [1.82, 2.24) is 34.5 Å². The van der Waals surface area contributed by atoms with Crippen LogP contribution < -0.4 is 15.6 Å². The second-order valence-electron chi connectivity index (χ2n) is 19.6. The van der Waals surface area contributed by atoms with Gasteiger partial charge in [-0.3, -0.25) is 43.7 Å². The minimum Gasteiger partial charge on any atom is -0.492 e. The molecular weight excluding hydrogens is 818 g/mol. The van der Waals surface area contributed by atoms with Crippen molar-refractivity contribution in [2.75, 3.05) is 52.4 Å². The van der Waals surface area contributed by atoms with Gasteiger partial charge in [-0.05, 0) is 112 Å². The summed E-state index contributed by atoms with van der Waals surface area (Å²) in [5, 5.41) is 3.33. The van der Waals surface area contributed by atoms with E-state index in [-0.39, 0.29) is 40.5 Å². The zero-order chi connectivity index (χ0) is 42.8. The van der Waals surface area contributed by atoms with Crippen molar-refractivity contribution in [2.24, 2.45) is 0 Å². The minimum atomic E-state index is -0.657. The second kappa shape index (κ2) is 14.7. The summed E-state index contributed by atoms with van der Waals surface area (Å²) in [5.74, 6) is 1.43. The number of likely N-dealkylation sites (tertiary alicyclic amines) is 3. The molecule has 4 aromatic rings. The fourth-order valence-corrected chi connectivity index (χ4v) is 13.0. The second-order valence-corrected chi connectivity index (χ2v) is 20.0. The third-order valence-corrected chi connectivity index (χ3v) is 16.7. The molecule has 8 aliphatic rings. The number of piperidine rings is 3. The molecule has 13 nitrogen and oxygen atoms in total. The third kappa shape index (κ3) is 6.08. The highest BCUT2D eigenvalue weighted by Gasteiger charge is 2.49.